The smallest absolute Gasteiger partial charge is 0.273 e. The van der Waals surface area contributed by atoms with E-state index < -0.39 is 0 Å². The first-order valence-corrected chi connectivity index (χ1v) is 7.00. The van der Waals surface area contributed by atoms with Crippen LogP contribution in [0.25, 0.3) is 6.08 Å². The molecule has 1 amide bonds. The Balaban J connectivity index is 1.55. The van der Waals surface area contributed by atoms with Gasteiger partial charge in [-0.2, -0.15) is 0 Å². The predicted molar refractivity (Wildman–Crippen MR) is 80.0 cm³/mol. The van der Waals surface area contributed by atoms with Crippen LogP contribution in [0.1, 0.15) is 21.8 Å². The van der Waals surface area contributed by atoms with Crippen molar-refractivity contribution < 1.29 is 18.8 Å². The molecule has 1 aromatic heterocycles. The van der Waals surface area contributed by atoms with Crippen molar-refractivity contribution in [3.8, 4) is 11.5 Å². The van der Waals surface area contributed by atoms with Crippen molar-refractivity contribution in [1.29, 1.82) is 0 Å². The molecule has 0 radical (unpaired) electrons. The van der Waals surface area contributed by atoms with Gasteiger partial charge in [-0.05, 0) is 24.6 Å². The molecule has 0 spiro atoms. The molecule has 0 bridgehead atoms. The van der Waals surface area contributed by atoms with Crippen molar-refractivity contribution in [2.45, 2.75) is 6.92 Å². The largest absolute Gasteiger partial charge is 0.486 e. The van der Waals surface area contributed by atoms with Gasteiger partial charge in [0, 0.05) is 12.6 Å². The maximum Gasteiger partial charge on any atom is 0.273 e. The lowest BCUT2D eigenvalue weighted by molar-refractivity contribution is 0.0949. The van der Waals surface area contributed by atoms with Crippen LogP contribution in [0.2, 0.25) is 0 Å². The molecule has 1 aliphatic rings. The second-order valence-electron chi connectivity index (χ2n) is 4.84. The van der Waals surface area contributed by atoms with Crippen LogP contribution in [0.5, 0.6) is 11.5 Å². The van der Waals surface area contributed by atoms with Gasteiger partial charge in [0.1, 0.15) is 19.0 Å². The van der Waals surface area contributed by atoms with Gasteiger partial charge in [-0.1, -0.05) is 23.4 Å². The molecule has 0 saturated heterocycles. The minimum atomic E-state index is -0.260. The summed E-state index contributed by atoms with van der Waals surface area (Å²) in [6.07, 6.45) is 3.77. The number of rotatable bonds is 4. The highest BCUT2D eigenvalue weighted by Gasteiger charge is 2.11. The number of amides is 1. The Morgan fingerprint density at radius 3 is 2.86 bits per heavy atom. The number of hydrogen-bond donors (Lipinski definition) is 1. The summed E-state index contributed by atoms with van der Waals surface area (Å²) in [7, 11) is 0. The van der Waals surface area contributed by atoms with Crippen LogP contribution in [0.4, 0.5) is 0 Å². The van der Waals surface area contributed by atoms with E-state index in [2.05, 4.69) is 10.5 Å². The van der Waals surface area contributed by atoms with Crippen molar-refractivity contribution in [2.24, 2.45) is 0 Å². The van der Waals surface area contributed by atoms with E-state index in [0.29, 0.717) is 25.5 Å². The maximum atomic E-state index is 11.8. The van der Waals surface area contributed by atoms with Gasteiger partial charge in [-0.15, -0.1) is 0 Å². The topological polar surface area (TPSA) is 73.6 Å². The molecule has 1 aromatic carbocycles. The van der Waals surface area contributed by atoms with Gasteiger partial charge in [0.2, 0.25) is 0 Å². The van der Waals surface area contributed by atoms with Crippen LogP contribution < -0.4 is 14.8 Å². The summed E-state index contributed by atoms with van der Waals surface area (Å²) in [5, 5.41) is 6.40. The normalized spacial score (nSPS) is 13.3. The lowest BCUT2D eigenvalue weighted by atomic mass is 10.2. The third-order valence-corrected chi connectivity index (χ3v) is 3.12. The average Bonchev–Trinajstić information content (AvgIpc) is 2.98. The van der Waals surface area contributed by atoms with E-state index >= 15 is 0 Å². The molecule has 1 N–H and O–H groups in total. The highest BCUT2D eigenvalue weighted by Crippen LogP contribution is 2.30. The zero-order valence-corrected chi connectivity index (χ0v) is 12.2. The molecule has 114 valence electrons. The number of aromatic nitrogens is 1. The minimum absolute atomic E-state index is 0.260. The Hall–Kier alpha value is -2.76. The van der Waals surface area contributed by atoms with Crippen LogP contribution in [0.3, 0.4) is 0 Å². The highest BCUT2D eigenvalue weighted by atomic mass is 16.6. The van der Waals surface area contributed by atoms with Crippen molar-refractivity contribution in [1.82, 2.24) is 10.5 Å². The monoisotopic (exact) mass is 300 g/mol. The highest BCUT2D eigenvalue weighted by molar-refractivity contribution is 5.92. The van der Waals surface area contributed by atoms with E-state index in [-0.39, 0.29) is 11.6 Å². The van der Waals surface area contributed by atoms with Gasteiger partial charge in [-0.25, -0.2) is 0 Å². The predicted octanol–water partition coefficient (Wildman–Crippen LogP) is 2.20. The molecule has 6 nitrogen and oxygen atoms in total. The molecule has 2 heterocycles. The molecule has 0 saturated carbocycles. The molecule has 0 unspecified atom stereocenters. The van der Waals surface area contributed by atoms with Gasteiger partial charge >= 0.3 is 0 Å². The third kappa shape index (κ3) is 3.28. The fraction of sp³-hybridized carbons (Fsp3) is 0.250. The van der Waals surface area contributed by atoms with E-state index in [1.165, 1.54) is 0 Å². The maximum absolute atomic E-state index is 11.8. The second-order valence-corrected chi connectivity index (χ2v) is 4.84. The number of nitrogens with one attached hydrogen (secondary N) is 1. The second kappa shape index (κ2) is 6.34. The van der Waals surface area contributed by atoms with E-state index in [9.17, 15) is 4.79 Å². The quantitative estimate of drug-likeness (QED) is 0.937. The number of fused-ring (bicyclic) bond motifs is 1. The number of aryl methyl sites for hydroxylation is 1. The Morgan fingerprint density at radius 2 is 2.09 bits per heavy atom. The lowest BCUT2D eigenvalue weighted by Gasteiger charge is -2.18. The molecule has 0 aliphatic carbocycles. The van der Waals surface area contributed by atoms with Crippen LogP contribution in [0, 0.1) is 6.92 Å². The molecule has 0 atom stereocenters. The SMILES string of the molecule is Cc1cc(C(=O)NC/C=C/c2ccc3c(c2)OCCO3)no1. The molecule has 2 aromatic rings. The number of nitrogens with zero attached hydrogens (tertiary/aromatic N) is 1. The summed E-state index contributed by atoms with van der Waals surface area (Å²) in [6.45, 7) is 3.29. The third-order valence-electron chi connectivity index (χ3n) is 3.12. The van der Waals surface area contributed by atoms with Crippen molar-refractivity contribution in [2.75, 3.05) is 19.8 Å². The summed E-state index contributed by atoms with van der Waals surface area (Å²) in [5.41, 5.74) is 1.26. The van der Waals surface area contributed by atoms with Crippen LogP contribution in [-0.2, 0) is 0 Å². The van der Waals surface area contributed by atoms with Gasteiger partial charge in [0.25, 0.3) is 5.91 Å². The van der Waals surface area contributed by atoms with E-state index in [1.807, 2.05) is 30.4 Å². The first-order chi connectivity index (χ1) is 10.7. The molecular formula is C16H16N2O4. The van der Waals surface area contributed by atoms with E-state index in [0.717, 1.165) is 17.1 Å². The van der Waals surface area contributed by atoms with E-state index in [1.54, 1.807) is 13.0 Å². The summed E-state index contributed by atoms with van der Waals surface area (Å²) >= 11 is 0. The molecule has 22 heavy (non-hydrogen) atoms. The Morgan fingerprint density at radius 1 is 1.27 bits per heavy atom. The number of carbonyl (C=O) groups is 1. The van der Waals surface area contributed by atoms with E-state index in [4.69, 9.17) is 14.0 Å². The van der Waals surface area contributed by atoms with Crippen molar-refractivity contribution in [3.63, 3.8) is 0 Å². The summed E-state index contributed by atoms with van der Waals surface area (Å²) < 4.78 is 15.8. The van der Waals surface area contributed by atoms with Crippen LogP contribution in [0.15, 0.2) is 34.9 Å². The van der Waals surface area contributed by atoms with Crippen LogP contribution in [-0.4, -0.2) is 30.8 Å². The summed E-state index contributed by atoms with van der Waals surface area (Å²) in [5.74, 6) is 1.86. The van der Waals surface area contributed by atoms with Gasteiger partial charge in [0.15, 0.2) is 17.2 Å². The number of carbonyl (C=O) groups excluding carboxylic acids is 1. The molecule has 0 fully saturated rings. The standard InChI is InChI=1S/C16H16N2O4/c1-11-9-13(18-22-11)16(19)17-6-2-3-12-4-5-14-15(10-12)21-8-7-20-14/h2-5,9-10H,6-8H2,1H3,(H,17,19)/b3-2+. The average molecular weight is 300 g/mol. The molecule has 6 heteroatoms. The zero-order valence-electron chi connectivity index (χ0n) is 12.2. The van der Waals surface area contributed by atoms with Crippen molar-refractivity contribution in [3.05, 3.63) is 47.4 Å². The number of benzene rings is 1. The number of hydrogen-bond acceptors (Lipinski definition) is 5. The first kappa shape index (κ1) is 14.2. The summed E-state index contributed by atoms with van der Waals surface area (Å²) in [4.78, 5) is 11.8. The number of ether oxygens (including phenoxy) is 2. The molecular weight excluding hydrogens is 284 g/mol. The van der Waals surface area contributed by atoms with Gasteiger partial charge in [0.05, 0.1) is 0 Å². The summed E-state index contributed by atoms with van der Waals surface area (Å²) in [6, 6.07) is 7.32. The fourth-order valence-corrected chi connectivity index (χ4v) is 2.07. The fourth-order valence-electron chi connectivity index (χ4n) is 2.07. The van der Waals surface area contributed by atoms with Gasteiger partial charge in [-0.3, -0.25) is 4.79 Å². The van der Waals surface area contributed by atoms with Gasteiger partial charge < -0.3 is 19.3 Å². The molecule has 3 rings (SSSR count). The Labute approximate surface area is 127 Å². The zero-order chi connectivity index (χ0) is 15.4. The van der Waals surface area contributed by atoms with Crippen molar-refractivity contribution >= 4 is 12.0 Å². The molecule has 1 aliphatic heterocycles. The van der Waals surface area contributed by atoms with Crippen LogP contribution >= 0.6 is 0 Å². The Bertz CT molecular complexity index is 706. The first-order valence-electron chi connectivity index (χ1n) is 7.00. The Kier molecular flexibility index (Phi) is 4.09. The lowest BCUT2D eigenvalue weighted by Crippen LogP contribution is -2.23. The minimum Gasteiger partial charge on any atom is -0.486 e.